The molecular weight excluding hydrogens is 216 g/mol. The van der Waals surface area contributed by atoms with Crippen LogP contribution in [0.4, 0.5) is 0 Å². The fourth-order valence-electron chi connectivity index (χ4n) is 1.47. The summed E-state index contributed by atoms with van der Waals surface area (Å²) < 4.78 is 5.41. The molecule has 0 saturated heterocycles. The van der Waals surface area contributed by atoms with Crippen molar-refractivity contribution in [1.29, 1.82) is 0 Å². The molecule has 0 spiro atoms. The van der Waals surface area contributed by atoms with Crippen LogP contribution >= 0.6 is 0 Å². The average molecular weight is 238 g/mol. The van der Waals surface area contributed by atoms with Gasteiger partial charge in [-0.3, -0.25) is 4.79 Å². The molecule has 0 unspecified atom stereocenters. The second-order valence-corrected chi connectivity index (χ2v) is 5.10. The first-order valence-electron chi connectivity index (χ1n) is 5.98. The van der Waals surface area contributed by atoms with E-state index in [0.29, 0.717) is 19.4 Å². The van der Waals surface area contributed by atoms with Crippen molar-refractivity contribution in [2.75, 3.05) is 6.54 Å². The van der Waals surface area contributed by atoms with Crippen LogP contribution in [0.2, 0.25) is 0 Å². The monoisotopic (exact) mass is 238 g/mol. The molecular formula is C13H22N2O2. The van der Waals surface area contributed by atoms with Gasteiger partial charge in [0.2, 0.25) is 5.91 Å². The maximum absolute atomic E-state index is 11.5. The van der Waals surface area contributed by atoms with Crippen LogP contribution in [0.15, 0.2) is 16.5 Å². The van der Waals surface area contributed by atoms with E-state index < -0.39 is 0 Å². The molecule has 0 radical (unpaired) electrons. The van der Waals surface area contributed by atoms with Gasteiger partial charge in [-0.15, -0.1) is 0 Å². The van der Waals surface area contributed by atoms with Crippen LogP contribution in [0.3, 0.4) is 0 Å². The maximum Gasteiger partial charge on any atom is 0.220 e. The molecule has 0 fully saturated rings. The minimum Gasteiger partial charge on any atom is -0.466 e. The highest BCUT2D eigenvalue weighted by Crippen LogP contribution is 2.07. The van der Waals surface area contributed by atoms with Gasteiger partial charge < -0.3 is 15.5 Å². The quantitative estimate of drug-likeness (QED) is 0.793. The third-order valence-corrected chi connectivity index (χ3v) is 2.49. The van der Waals surface area contributed by atoms with Gasteiger partial charge in [0, 0.05) is 24.9 Å². The topological polar surface area (TPSA) is 68.3 Å². The molecule has 4 nitrogen and oxygen atoms in total. The van der Waals surface area contributed by atoms with Gasteiger partial charge in [-0.05, 0) is 39.3 Å². The first-order chi connectivity index (χ1) is 7.87. The molecule has 1 aromatic rings. The highest BCUT2D eigenvalue weighted by atomic mass is 16.3. The third kappa shape index (κ3) is 6.12. The highest BCUT2D eigenvalue weighted by molar-refractivity contribution is 5.75. The minimum absolute atomic E-state index is 0.0480. The Hall–Kier alpha value is -1.29. The van der Waals surface area contributed by atoms with Crippen molar-refractivity contribution >= 4 is 5.91 Å². The van der Waals surface area contributed by atoms with Crippen LogP contribution in [0, 0.1) is 6.92 Å². The lowest BCUT2D eigenvalue weighted by Crippen LogP contribution is -2.34. The Labute approximate surface area is 103 Å². The van der Waals surface area contributed by atoms with Crippen molar-refractivity contribution in [1.82, 2.24) is 5.32 Å². The van der Waals surface area contributed by atoms with E-state index >= 15 is 0 Å². The molecule has 17 heavy (non-hydrogen) atoms. The van der Waals surface area contributed by atoms with E-state index in [1.54, 1.807) is 0 Å². The number of amides is 1. The van der Waals surface area contributed by atoms with Gasteiger partial charge in [0.1, 0.15) is 11.5 Å². The summed E-state index contributed by atoms with van der Waals surface area (Å²) in [5.41, 5.74) is 5.53. The third-order valence-electron chi connectivity index (χ3n) is 2.49. The van der Waals surface area contributed by atoms with Gasteiger partial charge in [-0.1, -0.05) is 0 Å². The summed E-state index contributed by atoms with van der Waals surface area (Å²) in [7, 11) is 0. The minimum atomic E-state index is -0.282. The zero-order valence-corrected chi connectivity index (χ0v) is 10.9. The molecule has 0 aliphatic rings. The normalized spacial score (nSPS) is 11.5. The van der Waals surface area contributed by atoms with Crippen molar-refractivity contribution < 1.29 is 9.21 Å². The van der Waals surface area contributed by atoms with Crippen molar-refractivity contribution in [3.05, 3.63) is 23.7 Å². The van der Waals surface area contributed by atoms with E-state index in [0.717, 1.165) is 17.9 Å². The SMILES string of the molecule is Cc1ccc(CCNC(=O)CCC(C)(C)N)o1. The molecule has 96 valence electrons. The second kappa shape index (κ2) is 5.87. The van der Waals surface area contributed by atoms with Crippen molar-refractivity contribution in [2.45, 2.75) is 45.6 Å². The summed E-state index contributed by atoms with van der Waals surface area (Å²) in [6, 6.07) is 3.86. The number of hydrogen-bond acceptors (Lipinski definition) is 3. The van der Waals surface area contributed by atoms with Crippen LogP contribution in [0.25, 0.3) is 0 Å². The zero-order valence-electron chi connectivity index (χ0n) is 10.9. The second-order valence-electron chi connectivity index (χ2n) is 5.10. The van der Waals surface area contributed by atoms with Gasteiger partial charge in [-0.2, -0.15) is 0 Å². The molecule has 0 atom stereocenters. The first kappa shape index (κ1) is 13.8. The van der Waals surface area contributed by atoms with E-state index in [1.165, 1.54) is 0 Å². The van der Waals surface area contributed by atoms with E-state index in [1.807, 2.05) is 32.9 Å². The van der Waals surface area contributed by atoms with Crippen LogP contribution in [-0.2, 0) is 11.2 Å². The first-order valence-corrected chi connectivity index (χ1v) is 5.98. The fraction of sp³-hybridized carbons (Fsp3) is 0.615. The maximum atomic E-state index is 11.5. The Kier molecular flexibility index (Phi) is 4.75. The van der Waals surface area contributed by atoms with Gasteiger partial charge in [0.05, 0.1) is 0 Å². The number of carbonyl (C=O) groups is 1. The van der Waals surface area contributed by atoms with E-state index in [-0.39, 0.29) is 11.4 Å². The van der Waals surface area contributed by atoms with E-state index in [9.17, 15) is 4.79 Å². The lowest BCUT2D eigenvalue weighted by atomic mass is 10.00. The number of rotatable bonds is 6. The van der Waals surface area contributed by atoms with Crippen molar-refractivity contribution in [3.63, 3.8) is 0 Å². The molecule has 0 aliphatic heterocycles. The number of nitrogens with one attached hydrogen (secondary N) is 1. The summed E-state index contributed by atoms with van der Waals surface area (Å²) in [5, 5.41) is 2.86. The molecule has 0 saturated carbocycles. The van der Waals surface area contributed by atoms with Gasteiger partial charge >= 0.3 is 0 Å². The van der Waals surface area contributed by atoms with Crippen LogP contribution in [0.5, 0.6) is 0 Å². The Morgan fingerprint density at radius 1 is 1.47 bits per heavy atom. The molecule has 1 heterocycles. The average Bonchev–Trinajstić information content (AvgIpc) is 2.60. The number of furan rings is 1. The number of carbonyl (C=O) groups excluding carboxylic acids is 1. The molecule has 1 rings (SSSR count). The lowest BCUT2D eigenvalue weighted by molar-refractivity contribution is -0.121. The Morgan fingerprint density at radius 3 is 2.71 bits per heavy atom. The number of nitrogens with two attached hydrogens (primary N) is 1. The largest absolute Gasteiger partial charge is 0.466 e. The molecule has 1 aromatic heterocycles. The highest BCUT2D eigenvalue weighted by Gasteiger charge is 2.12. The molecule has 0 bridgehead atoms. The van der Waals surface area contributed by atoms with E-state index in [4.69, 9.17) is 10.2 Å². The Balaban J connectivity index is 2.16. The molecule has 0 aromatic carbocycles. The molecule has 3 N–H and O–H groups in total. The summed E-state index contributed by atoms with van der Waals surface area (Å²) >= 11 is 0. The molecule has 4 heteroatoms. The standard InChI is InChI=1S/C13H22N2O2/c1-10-4-5-11(17-10)7-9-15-12(16)6-8-13(2,3)14/h4-5H,6-9,14H2,1-3H3,(H,15,16). The van der Waals surface area contributed by atoms with Crippen LogP contribution < -0.4 is 11.1 Å². The van der Waals surface area contributed by atoms with Gasteiger partial charge in [-0.25, -0.2) is 0 Å². The Bertz CT molecular complexity index is 364. The summed E-state index contributed by atoms with van der Waals surface area (Å²) in [4.78, 5) is 11.5. The van der Waals surface area contributed by atoms with Crippen LogP contribution in [0.1, 0.15) is 38.2 Å². The Morgan fingerprint density at radius 2 is 2.18 bits per heavy atom. The van der Waals surface area contributed by atoms with Gasteiger partial charge in [0.25, 0.3) is 0 Å². The predicted octanol–water partition coefficient (Wildman–Crippen LogP) is 1.76. The number of hydrogen-bond donors (Lipinski definition) is 2. The molecule has 1 amide bonds. The van der Waals surface area contributed by atoms with E-state index in [2.05, 4.69) is 5.32 Å². The summed E-state index contributed by atoms with van der Waals surface area (Å²) in [6.07, 6.45) is 1.89. The summed E-state index contributed by atoms with van der Waals surface area (Å²) in [6.45, 7) is 6.36. The molecule has 0 aliphatic carbocycles. The van der Waals surface area contributed by atoms with Gasteiger partial charge in [0.15, 0.2) is 0 Å². The van der Waals surface area contributed by atoms with Crippen molar-refractivity contribution in [3.8, 4) is 0 Å². The fourth-order valence-corrected chi connectivity index (χ4v) is 1.47. The van der Waals surface area contributed by atoms with Crippen molar-refractivity contribution in [2.24, 2.45) is 5.73 Å². The summed E-state index contributed by atoms with van der Waals surface area (Å²) in [5.74, 6) is 1.85. The smallest absolute Gasteiger partial charge is 0.220 e. The lowest BCUT2D eigenvalue weighted by Gasteiger charge is -2.17. The number of aryl methyl sites for hydroxylation is 1. The van der Waals surface area contributed by atoms with Crippen LogP contribution in [-0.4, -0.2) is 18.0 Å². The predicted molar refractivity (Wildman–Crippen MR) is 67.7 cm³/mol. The zero-order chi connectivity index (χ0) is 12.9.